The lowest BCUT2D eigenvalue weighted by Gasteiger charge is -2.19. The van der Waals surface area contributed by atoms with Gasteiger partial charge >= 0.3 is 0 Å². The first kappa shape index (κ1) is 18.5. The summed E-state index contributed by atoms with van der Waals surface area (Å²) in [4.78, 5) is 12.6. The first-order valence-electron chi connectivity index (χ1n) is 8.24. The number of quaternary nitrogens is 1. The fourth-order valence-electron chi connectivity index (χ4n) is 2.71. The zero-order valence-corrected chi connectivity index (χ0v) is 15.7. The number of nitrogens with one attached hydrogen (secondary N) is 1. The highest BCUT2D eigenvalue weighted by Gasteiger charge is 2.27. The molecule has 6 heteroatoms. The third-order valence-corrected chi connectivity index (χ3v) is 4.65. The van der Waals surface area contributed by atoms with Crippen LogP contribution in [0.25, 0.3) is 0 Å². The highest BCUT2D eigenvalue weighted by atomic mass is 35.5. The molecule has 1 heterocycles. The van der Waals surface area contributed by atoms with E-state index < -0.39 is 0 Å². The Labute approximate surface area is 162 Å². The molecule has 3 aromatic rings. The van der Waals surface area contributed by atoms with Gasteiger partial charge in [0, 0.05) is 10.6 Å². The van der Waals surface area contributed by atoms with Crippen molar-refractivity contribution in [1.29, 1.82) is 0 Å². The number of carbonyl (C=O) groups excluding carboxylic acids is 1. The highest BCUT2D eigenvalue weighted by Crippen LogP contribution is 2.25. The smallest absolute Gasteiger partial charge is 0.282 e. The van der Waals surface area contributed by atoms with E-state index in [9.17, 15) is 4.79 Å². The van der Waals surface area contributed by atoms with Gasteiger partial charge in [0.25, 0.3) is 5.91 Å². The summed E-state index contributed by atoms with van der Waals surface area (Å²) in [5.74, 6) is 0.623. The molecular weight excluding hydrogens is 371 g/mol. The molecule has 0 aliphatic rings. The second-order valence-corrected chi connectivity index (χ2v) is 6.84. The van der Waals surface area contributed by atoms with Gasteiger partial charge < -0.3 is 15.1 Å². The van der Waals surface area contributed by atoms with Gasteiger partial charge in [-0.15, -0.1) is 0 Å². The minimum atomic E-state index is -0.375. The van der Waals surface area contributed by atoms with Crippen LogP contribution in [0, 0.1) is 0 Å². The zero-order chi connectivity index (χ0) is 18.5. The fraction of sp³-hybridized carbons (Fsp3) is 0.150. The number of carbonyl (C=O) groups is 1. The number of rotatable bonds is 6. The molecule has 0 bridgehead atoms. The normalized spacial score (nSPS) is 13.2. The van der Waals surface area contributed by atoms with Crippen molar-refractivity contribution in [2.45, 2.75) is 19.0 Å². The molecule has 0 unspecified atom stereocenters. The molecule has 26 heavy (non-hydrogen) atoms. The predicted octanol–water partition coefficient (Wildman–Crippen LogP) is 4.27. The summed E-state index contributed by atoms with van der Waals surface area (Å²) in [6, 6.07) is 18.1. The quantitative estimate of drug-likeness (QED) is 0.661. The first-order chi connectivity index (χ1) is 12.5. The summed E-state index contributed by atoms with van der Waals surface area (Å²) in [5.41, 5.74) is 1.56. The van der Waals surface area contributed by atoms with E-state index >= 15 is 0 Å². The second-order valence-electron chi connectivity index (χ2n) is 6.00. The van der Waals surface area contributed by atoms with E-state index in [1.54, 1.807) is 24.5 Å². The molecule has 2 aromatic carbocycles. The van der Waals surface area contributed by atoms with Crippen LogP contribution < -0.4 is 10.6 Å². The maximum Gasteiger partial charge on any atom is 0.282 e. The van der Waals surface area contributed by atoms with Crippen LogP contribution in [0.3, 0.4) is 0 Å². The Hall–Kier alpha value is -2.27. The van der Waals surface area contributed by atoms with E-state index in [0.717, 1.165) is 11.3 Å². The van der Waals surface area contributed by atoms with Crippen molar-refractivity contribution < 1.29 is 14.5 Å². The van der Waals surface area contributed by atoms with E-state index in [2.05, 4.69) is 5.32 Å². The number of hydrogen-bond acceptors (Lipinski definition) is 2. The Balaban J connectivity index is 1.76. The molecule has 0 saturated heterocycles. The van der Waals surface area contributed by atoms with Crippen LogP contribution in [0.1, 0.15) is 24.3 Å². The first-order valence-corrected chi connectivity index (χ1v) is 8.99. The van der Waals surface area contributed by atoms with Crippen LogP contribution >= 0.6 is 23.2 Å². The maximum atomic E-state index is 12.6. The Morgan fingerprint density at radius 2 is 1.85 bits per heavy atom. The number of benzene rings is 2. The summed E-state index contributed by atoms with van der Waals surface area (Å²) in [5, 5.41) is 5.75. The zero-order valence-electron chi connectivity index (χ0n) is 14.2. The molecule has 0 aliphatic heterocycles. The molecule has 1 aromatic heterocycles. The third-order valence-electron chi connectivity index (χ3n) is 4.09. The van der Waals surface area contributed by atoms with E-state index in [0.29, 0.717) is 15.7 Å². The SMILES string of the molecule is C[C@H]([NH2+][C@H](c1ccccc1)c1ccco1)C(=O)Nc1cc(Cl)ccc1Cl. The summed E-state index contributed by atoms with van der Waals surface area (Å²) in [7, 11) is 0. The molecule has 134 valence electrons. The minimum absolute atomic E-state index is 0.123. The van der Waals surface area contributed by atoms with Crippen LogP contribution in [-0.4, -0.2) is 11.9 Å². The summed E-state index contributed by atoms with van der Waals surface area (Å²) in [6.07, 6.45) is 1.63. The van der Waals surface area contributed by atoms with Crippen molar-refractivity contribution in [3.63, 3.8) is 0 Å². The van der Waals surface area contributed by atoms with Crippen LogP contribution in [0.4, 0.5) is 5.69 Å². The molecule has 1 amide bonds. The van der Waals surface area contributed by atoms with Gasteiger partial charge in [-0.3, -0.25) is 4.79 Å². The monoisotopic (exact) mass is 389 g/mol. The second kappa shape index (κ2) is 8.41. The molecule has 0 saturated carbocycles. The van der Waals surface area contributed by atoms with E-state index in [-0.39, 0.29) is 18.0 Å². The van der Waals surface area contributed by atoms with E-state index in [1.165, 1.54) is 0 Å². The third kappa shape index (κ3) is 4.47. The molecule has 4 nitrogen and oxygen atoms in total. The van der Waals surface area contributed by atoms with Crippen molar-refractivity contribution in [3.8, 4) is 0 Å². The molecule has 0 aliphatic carbocycles. The number of furan rings is 1. The van der Waals surface area contributed by atoms with Crippen molar-refractivity contribution in [2.24, 2.45) is 0 Å². The molecule has 0 radical (unpaired) electrons. The van der Waals surface area contributed by atoms with Gasteiger partial charge in [-0.25, -0.2) is 0 Å². The Kier molecular flexibility index (Phi) is 5.99. The molecular formula is C20H19Cl2N2O2+. The van der Waals surface area contributed by atoms with Gasteiger partial charge in [-0.05, 0) is 37.3 Å². The van der Waals surface area contributed by atoms with Crippen LogP contribution in [-0.2, 0) is 4.79 Å². The largest absolute Gasteiger partial charge is 0.463 e. The molecule has 0 spiro atoms. The van der Waals surface area contributed by atoms with Gasteiger partial charge in [-0.2, -0.15) is 0 Å². The number of anilines is 1. The van der Waals surface area contributed by atoms with Crippen molar-refractivity contribution in [3.05, 3.63) is 88.3 Å². The van der Waals surface area contributed by atoms with Crippen molar-refractivity contribution in [2.75, 3.05) is 5.32 Å². The van der Waals surface area contributed by atoms with E-state index in [1.807, 2.05) is 54.7 Å². The lowest BCUT2D eigenvalue weighted by Crippen LogP contribution is -2.92. The Bertz CT molecular complexity index is 867. The summed E-state index contributed by atoms with van der Waals surface area (Å²) in [6.45, 7) is 1.84. The predicted molar refractivity (Wildman–Crippen MR) is 103 cm³/mol. The van der Waals surface area contributed by atoms with E-state index in [4.69, 9.17) is 27.6 Å². The topological polar surface area (TPSA) is 58.9 Å². The van der Waals surface area contributed by atoms with Gasteiger partial charge in [0.1, 0.15) is 0 Å². The van der Waals surface area contributed by atoms with Crippen molar-refractivity contribution in [1.82, 2.24) is 0 Å². The highest BCUT2D eigenvalue weighted by molar-refractivity contribution is 6.35. The van der Waals surface area contributed by atoms with Gasteiger partial charge in [-0.1, -0.05) is 53.5 Å². The van der Waals surface area contributed by atoms with Gasteiger partial charge in [0.2, 0.25) is 0 Å². The fourth-order valence-corrected chi connectivity index (χ4v) is 3.05. The van der Waals surface area contributed by atoms with Crippen LogP contribution in [0.5, 0.6) is 0 Å². The molecule has 3 rings (SSSR count). The van der Waals surface area contributed by atoms with Gasteiger partial charge in [0.05, 0.1) is 17.0 Å². The maximum absolute atomic E-state index is 12.6. The number of nitrogens with two attached hydrogens (primary N) is 1. The number of amides is 1. The molecule has 2 atom stereocenters. The van der Waals surface area contributed by atoms with Crippen molar-refractivity contribution >= 4 is 34.8 Å². The Morgan fingerprint density at radius 3 is 2.54 bits per heavy atom. The summed E-state index contributed by atoms with van der Waals surface area (Å²) >= 11 is 12.1. The van der Waals surface area contributed by atoms with Crippen LogP contribution in [0.15, 0.2) is 71.3 Å². The minimum Gasteiger partial charge on any atom is -0.463 e. The average Bonchev–Trinajstić information content (AvgIpc) is 3.17. The lowest BCUT2D eigenvalue weighted by molar-refractivity contribution is -0.706. The molecule has 3 N–H and O–H groups in total. The number of halogens is 2. The molecule has 0 fully saturated rings. The number of hydrogen-bond donors (Lipinski definition) is 2. The lowest BCUT2D eigenvalue weighted by atomic mass is 10.0. The van der Waals surface area contributed by atoms with Crippen LogP contribution in [0.2, 0.25) is 10.0 Å². The Morgan fingerprint density at radius 1 is 1.08 bits per heavy atom. The van der Waals surface area contributed by atoms with Gasteiger partial charge in [0.15, 0.2) is 17.8 Å². The average molecular weight is 390 g/mol. The summed E-state index contributed by atoms with van der Waals surface area (Å²) < 4.78 is 5.58. The standard InChI is InChI=1S/C20H18Cl2N2O2/c1-13(20(25)24-17-12-15(21)9-10-16(17)22)23-19(18-8-5-11-26-18)14-6-3-2-4-7-14/h2-13,19,23H,1H3,(H,24,25)/p+1/t13-,19+/m0/s1.